The number of pyridine rings is 1. The standard InChI is InChI=1S/C25H26N4O2/c1-17-6-8-19(31-17)16-27-25-11-9-20-21(4-3-5-22(20)28-25)26-15-18-7-10-23-24(14-18)30-13-12-29(23)2/h3-11,14,26H,12-13,15-16H2,1-2H3,(H,27,28). The number of aromatic nitrogens is 1. The van der Waals surface area contributed by atoms with E-state index in [2.05, 4.69) is 52.9 Å². The topological polar surface area (TPSA) is 62.6 Å². The van der Waals surface area contributed by atoms with Gasteiger partial charge in [-0.1, -0.05) is 12.1 Å². The lowest BCUT2D eigenvalue weighted by Gasteiger charge is -2.28. The normalized spacial score (nSPS) is 13.0. The minimum Gasteiger partial charge on any atom is -0.490 e. The molecule has 0 saturated heterocycles. The van der Waals surface area contributed by atoms with Crippen LogP contribution in [0.2, 0.25) is 0 Å². The van der Waals surface area contributed by atoms with Crippen molar-refractivity contribution >= 4 is 28.1 Å². The molecule has 2 N–H and O–H groups in total. The molecular weight excluding hydrogens is 388 g/mol. The number of rotatable bonds is 6. The van der Waals surface area contributed by atoms with Crippen molar-refractivity contribution in [1.82, 2.24) is 4.98 Å². The molecule has 0 bridgehead atoms. The summed E-state index contributed by atoms with van der Waals surface area (Å²) < 4.78 is 11.4. The molecule has 0 spiro atoms. The Bertz CT molecular complexity index is 1220. The summed E-state index contributed by atoms with van der Waals surface area (Å²) in [6, 6.07) is 20.6. The second-order valence-electron chi connectivity index (χ2n) is 7.86. The first-order chi connectivity index (χ1) is 15.2. The number of fused-ring (bicyclic) bond motifs is 2. The number of nitrogens with one attached hydrogen (secondary N) is 2. The van der Waals surface area contributed by atoms with Gasteiger partial charge in [-0.2, -0.15) is 0 Å². The van der Waals surface area contributed by atoms with Crippen molar-refractivity contribution in [3.05, 3.63) is 77.7 Å². The fourth-order valence-electron chi connectivity index (χ4n) is 3.88. The molecule has 0 atom stereocenters. The number of hydrogen-bond donors (Lipinski definition) is 2. The highest BCUT2D eigenvalue weighted by atomic mass is 16.5. The zero-order chi connectivity index (χ0) is 21.2. The molecular formula is C25H26N4O2. The summed E-state index contributed by atoms with van der Waals surface area (Å²) in [4.78, 5) is 6.99. The van der Waals surface area contributed by atoms with Gasteiger partial charge in [-0.25, -0.2) is 4.98 Å². The molecule has 0 saturated carbocycles. The Labute approximate surface area is 181 Å². The minimum atomic E-state index is 0.611. The van der Waals surface area contributed by atoms with Crippen molar-refractivity contribution in [1.29, 1.82) is 0 Å². The number of likely N-dealkylation sites (N-methyl/N-ethyl adjacent to an activating group) is 1. The molecule has 6 heteroatoms. The lowest BCUT2D eigenvalue weighted by atomic mass is 10.1. The number of benzene rings is 2. The molecule has 0 unspecified atom stereocenters. The van der Waals surface area contributed by atoms with Crippen molar-refractivity contribution < 1.29 is 9.15 Å². The van der Waals surface area contributed by atoms with E-state index in [-0.39, 0.29) is 0 Å². The predicted molar refractivity (Wildman–Crippen MR) is 125 cm³/mol. The molecule has 0 fully saturated rings. The highest BCUT2D eigenvalue weighted by molar-refractivity contribution is 5.92. The van der Waals surface area contributed by atoms with Gasteiger partial charge in [-0.3, -0.25) is 0 Å². The van der Waals surface area contributed by atoms with Crippen molar-refractivity contribution in [2.45, 2.75) is 20.0 Å². The third-order valence-corrected chi connectivity index (χ3v) is 5.57. The molecule has 4 aromatic rings. The van der Waals surface area contributed by atoms with Crippen LogP contribution in [0, 0.1) is 6.92 Å². The fraction of sp³-hybridized carbons (Fsp3) is 0.240. The zero-order valence-electron chi connectivity index (χ0n) is 17.8. The Hall–Kier alpha value is -3.67. The highest BCUT2D eigenvalue weighted by Gasteiger charge is 2.15. The number of anilines is 3. The Morgan fingerprint density at radius 2 is 1.94 bits per heavy atom. The maximum absolute atomic E-state index is 5.83. The number of ether oxygens (including phenoxy) is 1. The lowest BCUT2D eigenvalue weighted by molar-refractivity contribution is 0.311. The monoisotopic (exact) mass is 414 g/mol. The smallest absolute Gasteiger partial charge is 0.143 e. The number of furan rings is 1. The van der Waals surface area contributed by atoms with Crippen molar-refractivity contribution in [2.24, 2.45) is 0 Å². The van der Waals surface area contributed by atoms with E-state index in [0.29, 0.717) is 6.54 Å². The molecule has 31 heavy (non-hydrogen) atoms. The van der Waals surface area contributed by atoms with E-state index in [0.717, 1.165) is 65.1 Å². The molecule has 0 amide bonds. The van der Waals surface area contributed by atoms with E-state index in [4.69, 9.17) is 14.1 Å². The van der Waals surface area contributed by atoms with E-state index in [1.807, 2.05) is 37.3 Å². The summed E-state index contributed by atoms with van der Waals surface area (Å²) in [7, 11) is 2.10. The van der Waals surface area contributed by atoms with Gasteiger partial charge in [0.15, 0.2) is 0 Å². The van der Waals surface area contributed by atoms with Gasteiger partial charge in [-0.05, 0) is 61.0 Å². The molecule has 5 rings (SSSR count). The van der Waals surface area contributed by atoms with Crippen LogP contribution in [0.3, 0.4) is 0 Å². The number of aryl methyl sites for hydroxylation is 1. The largest absolute Gasteiger partial charge is 0.490 e. The van der Waals surface area contributed by atoms with Crippen molar-refractivity contribution in [2.75, 3.05) is 35.7 Å². The van der Waals surface area contributed by atoms with Crippen molar-refractivity contribution in [3.63, 3.8) is 0 Å². The van der Waals surface area contributed by atoms with Crippen LogP contribution in [0.1, 0.15) is 17.1 Å². The first kappa shape index (κ1) is 19.3. The van der Waals surface area contributed by atoms with Gasteiger partial charge in [0, 0.05) is 24.7 Å². The van der Waals surface area contributed by atoms with Crippen LogP contribution in [-0.2, 0) is 13.1 Å². The molecule has 1 aliphatic rings. The van der Waals surface area contributed by atoms with Crippen LogP contribution in [0.25, 0.3) is 10.9 Å². The first-order valence-electron chi connectivity index (χ1n) is 10.6. The molecule has 2 aromatic carbocycles. The van der Waals surface area contributed by atoms with Gasteiger partial charge in [-0.15, -0.1) is 0 Å². The second-order valence-corrected chi connectivity index (χ2v) is 7.86. The third kappa shape index (κ3) is 4.14. The van der Waals surface area contributed by atoms with E-state index in [1.54, 1.807) is 0 Å². The molecule has 2 aromatic heterocycles. The quantitative estimate of drug-likeness (QED) is 0.453. The predicted octanol–water partition coefficient (Wildman–Crippen LogP) is 5.19. The van der Waals surface area contributed by atoms with Crippen LogP contribution < -0.4 is 20.3 Å². The lowest BCUT2D eigenvalue weighted by Crippen LogP contribution is -2.28. The SMILES string of the molecule is Cc1ccc(CNc2ccc3c(NCc4ccc5c(c4)OCCN5C)cccc3n2)o1. The van der Waals surface area contributed by atoms with E-state index >= 15 is 0 Å². The van der Waals surface area contributed by atoms with Crippen molar-refractivity contribution in [3.8, 4) is 5.75 Å². The second kappa shape index (κ2) is 8.22. The minimum absolute atomic E-state index is 0.611. The Morgan fingerprint density at radius 1 is 1.00 bits per heavy atom. The van der Waals surface area contributed by atoms with E-state index in [9.17, 15) is 0 Å². The number of nitrogens with zero attached hydrogens (tertiary/aromatic N) is 2. The van der Waals surface area contributed by atoms with Crippen LogP contribution >= 0.6 is 0 Å². The highest BCUT2D eigenvalue weighted by Crippen LogP contribution is 2.32. The third-order valence-electron chi connectivity index (χ3n) is 5.57. The molecule has 0 radical (unpaired) electrons. The summed E-state index contributed by atoms with van der Waals surface area (Å²) in [6.45, 7) is 4.93. The average molecular weight is 415 g/mol. The van der Waals surface area contributed by atoms with Gasteiger partial charge in [0.25, 0.3) is 0 Å². The first-order valence-corrected chi connectivity index (χ1v) is 10.6. The summed E-state index contributed by atoms with van der Waals surface area (Å²) >= 11 is 0. The number of hydrogen-bond acceptors (Lipinski definition) is 6. The fourth-order valence-corrected chi connectivity index (χ4v) is 3.88. The van der Waals surface area contributed by atoms with E-state index < -0.39 is 0 Å². The Kier molecular flexibility index (Phi) is 5.12. The molecule has 158 valence electrons. The molecule has 3 heterocycles. The summed E-state index contributed by atoms with van der Waals surface area (Å²) in [5, 5.41) is 7.98. The zero-order valence-corrected chi connectivity index (χ0v) is 17.8. The average Bonchev–Trinajstić information content (AvgIpc) is 3.21. The summed E-state index contributed by atoms with van der Waals surface area (Å²) in [5.74, 6) is 3.59. The van der Waals surface area contributed by atoms with Crippen LogP contribution in [0.5, 0.6) is 5.75 Å². The van der Waals surface area contributed by atoms with Crippen LogP contribution in [-0.4, -0.2) is 25.2 Å². The molecule has 0 aliphatic carbocycles. The summed E-state index contributed by atoms with van der Waals surface area (Å²) in [6.07, 6.45) is 0. The Morgan fingerprint density at radius 3 is 2.81 bits per heavy atom. The van der Waals surface area contributed by atoms with Gasteiger partial charge in [0.2, 0.25) is 0 Å². The summed E-state index contributed by atoms with van der Waals surface area (Å²) in [5.41, 5.74) is 4.34. The van der Waals surface area contributed by atoms with Gasteiger partial charge in [0.05, 0.1) is 24.3 Å². The van der Waals surface area contributed by atoms with Gasteiger partial charge in [0.1, 0.15) is 29.7 Å². The van der Waals surface area contributed by atoms with E-state index in [1.165, 1.54) is 5.56 Å². The van der Waals surface area contributed by atoms with Crippen LogP contribution in [0.15, 0.2) is 65.1 Å². The molecule has 6 nitrogen and oxygen atoms in total. The van der Waals surface area contributed by atoms with Gasteiger partial charge < -0.3 is 24.7 Å². The van der Waals surface area contributed by atoms with Gasteiger partial charge >= 0.3 is 0 Å². The molecule has 1 aliphatic heterocycles. The maximum atomic E-state index is 5.83. The van der Waals surface area contributed by atoms with Crippen LogP contribution in [0.4, 0.5) is 17.2 Å². The maximum Gasteiger partial charge on any atom is 0.143 e. The Balaban J connectivity index is 1.30.